The zero-order valence-electron chi connectivity index (χ0n) is 35.5. The standard InChI is InChI=1S/C63H39NO/c1-38-50-14-4-5-16-53(50)57-35-44(23-26-51(38)57)48-31-47(40-13-10-12-39(29-40)41-21-22-46-30-45-11-2-3-15-52(45)56(46)34-41)32-49(33-48)64-60-19-8-6-17-54(60)58-36-42(24-27-61(58)64)43-25-28-63-59(37-43)55-18-7-9-20-62(55)65-63/h2-29,31-37H,1,30H2. The van der Waals surface area contributed by atoms with Crippen LogP contribution in [0.15, 0.2) is 223 Å². The van der Waals surface area contributed by atoms with E-state index in [1.807, 2.05) is 12.1 Å². The zero-order chi connectivity index (χ0) is 42.8. The summed E-state index contributed by atoms with van der Waals surface area (Å²) in [6.07, 6.45) is 0.992. The topological polar surface area (TPSA) is 18.1 Å². The van der Waals surface area contributed by atoms with E-state index in [1.54, 1.807) is 0 Å². The average molecular weight is 826 g/mol. The molecular weight excluding hydrogens is 787 g/mol. The molecule has 0 amide bonds. The summed E-state index contributed by atoms with van der Waals surface area (Å²) in [7, 11) is 0. The minimum atomic E-state index is 0.907. The quantitative estimate of drug-likeness (QED) is 0.169. The Hall–Kier alpha value is -8.46. The van der Waals surface area contributed by atoms with E-state index in [0.717, 1.165) is 45.2 Å². The van der Waals surface area contributed by atoms with Crippen LogP contribution in [0.1, 0.15) is 22.3 Å². The first-order valence-corrected chi connectivity index (χ1v) is 22.5. The Bertz CT molecular complexity index is 4000. The summed E-state index contributed by atoms with van der Waals surface area (Å²) >= 11 is 0. The van der Waals surface area contributed by atoms with Gasteiger partial charge in [-0.15, -0.1) is 0 Å². The summed E-state index contributed by atoms with van der Waals surface area (Å²) in [6, 6.07) is 78.2. The number of rotatable bonds is 5. The third kappa shape index (κ3) is 5.54. The van der Waals surface area contributed by atoms with Gasteiger partial charge in [0.2, 0.25) is 0 Å². The van der Waals surface area contributed by atoms with Crippen LogP contribution in [0.25, 0.3) is 122 Å². The fourth-order valence-electron chi connectivity index (χ4n) is 10.9. The van der Waals surface area contributed by atoms with E-state index in [1.165, 1.54) is 105 Å². The van der Waals surface area contributed by atoms with Gasteiger partial charge in [-0.2, -0.15) is 0 Å². The molecule has 14 rings (SSSR count). The molecule has 0 spiro atoms. The first-order chi connectivity index (χ1) is 32.1. The van der Waals surface area contributed by atoms with Gasteiger partial charge in [0.15, 0.2) is 0 Å². The number of fused-ring (bicyclic) bond motifs is 12. The lowest BCUT2D eigenvalue weighted by molar-refractivity contribution is 0.669. The smallest absolute Gasteiger partial charge is 0.135 e. The molecule has 2 heterocycles. The lowest BCUT2D eigenvalue weighted by Gasteiger charge is -2.16. The molecule has 12 aromatic rings. The predicted octanol–water partition coefficient (Wildman–Crippen LogP) is 17.0. The van der Waals surface area contributed by atoms with Crippen molar-refractivity contribution in [2.75, 3.05) is 0 Å². The highest BCUT2D eigenvalue weighted by Crippen LogP contribution is 2.46. The van der Waals surface area contributed by atoms with Crippen molar-refractivity contribution in [2.24, 2.45) is 0 Å². The molecule has 2 aromatic heterocycles. The normalized spacial score (nSPS) is 12.6. The van der Waals surface area contributed by atoms with E-state index in [4.69, 9.17) is 4.42 Å². The van der Waals surface area contributed by atoms with E-state index in [-0.39, 0.29) is 0 Å². The summed E-state index contributed by atoms with van der Waals surface area (Å²) in [5, 5.41) is 4.71. The number of para-hydroxylation sites is 2. The Morgan fingerprint density at radius 2 is 0.877 bits per heavy atom. The summed E-state index contributed by atoms with van der Waals surface area (Å²) in [5.41, 5.74) is 26.2. The maximum absolute atomic E-state index is 6.20. The molecule has 2 heteroatoms. The molecule has 0 radical (unpaired) electrons. The van der Waals surface area contributed by atoms with Gasteiger partial charge in [-0.1, -0.05) is 146 Å². The Morgan fingerprint density at radius 3 is 1.75 bits per heavy atom. The molecule has 0 unspecified atom stereocenters. The van der Waals surface area contributed by atoms with Crippen LogP contribution < -0.4 is 0 Å². The number of nitrogens with zero attached hydrogens (tertiary/aromatic N) is 1. The van der Waals surface area contributed by atoms with Crippen molar-refractivity contribution in [3.05, 3.63) is 241 Å². The highest BCUT2D eigenvalue weighted by molar-refractivity contribution is 6.12. The summed E-state index contributed by atoms with van der Waals surface area (Å²) < 4.78 is 8.66. The Morgan fingerprint density at radius 1 is 0.323 bits per heavy atom. The van der Waals surface area contributed by atoms with Crippen molar-refractivity contribution in [1.82, 2.24) is 4.57 Å². The molecule has 302 valence electrons. The molecule has 0 saturated carbocycles. The first-order valence-electron chi connectivity index (χ1n) is 22.5. The van der Waals surface area contributed by atoms with Gasteiger partial charge in [0.1, 0.15) is 11.2 Å². The molecule has 2 aliphatic carbocycles. The minimum absolute atomic E-state index is 0.907. The third-order valence-corrected chi connectivity index (χ3v) is 14.1. The molecule has 0 atom stereocenters. The molecule has 0 bridgehead atoms. The van der Waals surface area contributed by atoms with Gasteiger partial charge in [0.25, 0.3) is 0 Å². The van der Waals surface area contributed by atoms with Crippen molar-refractivity contribution in [2.45, 2.75) is 6.42 Å². The third-order valence-electron chi connectivity index (χ3n) is 14.1. The molecule has 0 fully saturated rings. The lowest BCUT2D eigenvalue weighted by Crippen LogP contribution is -1.96. The second-order valence-corrected chi connectivity index (χ2v) is 17.7. The number of aromatic nitrogens is 1. The molecule has 2 aliphatic rings. The van der Waals surface area contributed by atoms with Crippen molar-refractivity contribution in [3.8, 4) is 72.4 Å². The maximum atomic E-state index is 6.20. The molecule has 0 aliphatic heterocycles. The lowest BCUT2D eigenvalue weighted by atomic mass is 9.93. The van der Waals surface area contributed by atoms with Crippen molar-refractivity contribution in [1.29, 1.82) is 0 Å². The molecule has 0 saturated heterocycles. The van der Waals surface area contributed by atoms with E-state index in [0.29, 0.717) is 0 Å². The first kappa shape index (κ1) is 36.1. The van der Waals surface area contributed by atoms with Crippen LogP contribution >= 0.6 is 0 Å². The van der Waals surface area contributed by atoms with Crippen LogP contribution in [0.4, 0.5) is 0 Å². The van der Waals surface area contributed by atoms with Crippen molar-refractivity contribution >= 4 is 49.3 Å². The van der Waals surface area contributed by atoms with Gasteiger partial charge in [-0.25, -0.2) is 0 Å². The second kappa shape index (κ2) is 13.8. The van der Waals surface area contributed by atoms with Gasteiger partial charge >= 0.3 is 0 Å². The SMILES string of the molecule is C=C1c2ccccc2-c2cc(-c3cc(-c4cccc(-c5ccc6c(c5)-c5ccccc5C6)c4)cc(-n4c5ccccc5c5cc(-c6ccc7oc8ccccc8c7c6)ccc54)c3)ccc21. The van der Waals surface area contributed by atoms with Gasteiger partial charge in [-0.05, 0) is 174 Å². The van der Waals surface area contributed by atoms with E-state index >= 15 is 0 Å². The summed E-state index contributed by atoms with van der Waals surface area (Å²) in [6.45, 7) is 4.50. The monoisotopic (exact) mass is 825 g/mol. The van der Waals surface area contributed by atoms with Crippen molar-refractivity contribution < 1.29 is 4.42 Å². The fraction of sp³-hybridized carbons (Fsp3) is 0.0159. The average Bonchev–Trinajstić information content (AvgIpc) is 4.11. The fourth-order valence-corrected chi connectivity index (χ4v) is 10.9. The Labute approximate surface area is 376 Å². The Balaban J connectivity index is 0.950. The van der Waals surface area contributed by atoms with Crippen molar-refractivity contribution in [3.63, 3.8) is 0 Å². The van der Waals surface area contributed by atoms with Gasteiger partial charge in [-0.3, -0.25) is 0 Å². The Kier molecular flexibility index (Phi) is 7.64. The summed E-state index contributed by atoms with van der Waals surface area (Å²) in [4.78, 5) is 0. The van der Waals surface area contributed by atoms with Crippen LogP contribution in [0.2, 0.25) is 0 Å². The van der Waals surface area contributed by atoms with Gasteiger partial charge < -0.3 is 8.98 Å². The van der Waals surface area contributed by atoms with Crippen LogP contribution in [-0.4, -0.2) is 4.57 Å². The van der Waals surface area contributed by atoms with Crippen LogP contribution in [0.5, 0.6) is 0 Å². The summed E-state index contributed by atoms with van der Waals surface area (Å²) in [5.74, 6) is 0. The highest BCUT2D eigenvalue weighted by atomic mass is 16.3. The molecular formula is C63H39NO. The second-order valence-electron chi connectivity index (χ2n) is 17.7. The van der Waals surface area contributed by atoms with Crippen LogP contribution in [-0.2, 0) is 6.42 Å². The van der Waals surface area contributed by atoms with E-state index < -0.39 is 0 Å². The minimum Gasteiger partial charge on any atom is -0.456 e. The van der Waals surface area contributed by atoms with Gasteiger partial charge in [0, 0.05) is 27.2 Å². The van der Waals surface area contributed by atoms with E-state index in [2.05, 4.69) is 211 Å². The predicted molar refractivity (Wildman–Crippen MR) is 272 cm³/mol. The highest BCUT2D eigenvalue weighted by Gasteiger charge is 2.23. The molecule has 0 N–H and O–H groups in total. The van der Waals surface area contributed by atoms with E-state index in [9.17, 15) is 0 Å². The molecule has 65 heavy (non-hydrogen) atoms. The number of benzene rings is 10. The van der Waals surface area contributed by atoms with Gasteiger partial charge in [0.05, 0.1) is 11.0 Å². The largest absolute Gasteiger partial charge is 0.456 e. The molecule has 10 aromatic carbocycles. The van der Waals surface area contributed by atoms with Crippen LogP contribution in [0.3, 0.4) is 0 Å². The molecule has 2 nitrogen and oxygen atoms in total. The number of hydrogen-bond donors (Lipinski definition) is 0. The maximum Gasteiger partial charge on any atom is 0.135 e. The number of hydrogen-bond acceptors (Lipinski definition) is 1. The number of furan rings is 1. The van der Waals surface area contributed by atoms with Crippen LogP contribution in [0, 0.1) is 0 Å². The zero-order valence-corrected chi connectivity index (χ0v) is 35.5.